The molecule has 0 aliphatic heterocycles. The monoisotopic (exact) mass is 445 g/mol. The second-order valence-corrected chi connectivity index (χ2v) is 7.88. The van der Waals surface area contributed by atoms with Gasteiger partial charge in [0.05, 0.1) is 37.0 Å². The maximum atomic E-state index is 13.1. The molecule has 1 fully saturated rings. The third kappa shape index (κ3) is 4.80. The second kappa shape index (κ2) is 9.29. The van der Waals surface area contributed by atoms with Crippen LogP contribution in [0.15, 0.2) is 48.9 Å². The summed E-state index contributed by atoms with van der Waals surface area (Å²) in [5.74, 6) is 0.652. The van der Waals surface area contributed by atoms with Gasteiger partial charge in [-0.25, -0.2) is 9.97 Å². The van der Waals surface area contributed by atoms with E-state index in [-0.39, 0.29) is 18.6 Å². The molecule has 1 amide bonds. The number of nitrogens with one attached hydrogen (secondary N) is 2. The van der Waals surface area contributed by atoms with Gasteiger partial charge in [-0.15, -0.1) is 0 Å². The van der Waals surface area contributed by atoms with Crippen molar-refractivity contribution in [1.82, 2.24) is 30.1 Å². The van der Waals surface area contributed by atoms with Crippen molar-refractivity contribution in [3.8, 4) is 17.3 Å². The second-order valence-electron chi connectivity index (χ2n) is 7.88. The van der Waals surface area contributed by atoms with Gasteiger partial charge in [-0.1, -0.05) is 30.3 Å². The van der Waals surface area contributed by atoms with E-state index in [2.05, 4.69) is 35.5 Å². The van der Waals surface area contributed by atoms with Crippen LogP contribution in [0.2, 0.25) is 0 Å². The molecule has 0 unspecified atom stereocenters. The van der Waals surface area contributed by atoms with Crippen LogP contribution in [0, 0.1) is 6.92 Å². The molecule has 0 bridgehead atoms. The highest BCUT2D eigenvalue weighted by Gasteiger charge is 2.27. The number of aryl methyl sites for hydroxylation is 1. The Balaban J connectivity index is 1.43. The van der Waals surface area contributed by atoms with Crippen LogP contribution in [-0.4, -0.2) is 54.9 Å². The van der Waals surface area contributed by atoms with E-state index in [4.69, 9.17) is 9.47 Å². The number of rotatable bonds is 8. The van der Waals surface area contributed by atoms with E-state index in [0.717, 1.165) is 30.5 Å². The molecule has 1 aliphatic carbocycles. The largest absolute Gasteiger partial charge is 0.461 e. The Bertz CT molecular complexity index is 1240. The Morgan fingerprint density at radius 3 is 2.73 bits per heavy atom. The summed E-state index contributed by atoms with van der Waals surface area (Å²) in [6, 6.07) is 9.54. The molecule has 2 N–H and O–H groups in total. The van der Waals surface area contributed by atoms with Crippen molar-refractivity contribution in [1.29, 1.82) is 0 Å². The summed E-state index contributed by atoms with van der Waals surface area (Å²) in [6.07, 6.45) is 6.94. The van der Waals surface area contributed by atoms with E-state index in [1.165, 1.54) is 6.20 Å². The van der Waals surface area contributed by atoms with Gasteiger partial charge in [0, 0.05) is 5.56 Å². The molecule has 0 saturated heterocycles. The molecule has 10 nitrogen and oxygen atoms in total. The normalized spacial score (nSPS) is 14.6. The van der Waals surface area contributed by atoms with Crippen LogP contribution >= 0.6 is 0 Å². The average molecular weight is 445 g/mol. The fourth-order valence-electron chi connectivity index (χ4n) is 3.34. The fourth-order valence-corrected chi connectivity index (χ4v) is 3.34. The minimum absolute atomic E-state index is 0.0831. The smallest absolute Gasteiger partial charge is 0.269 e. The maximum absolute atomic E-state index is 13.1. The number of H-pyrrole nitrogens is 1. The summed E-state index contributed by atoms with van der Waals surface area (Å²) in [5.41, 5.74) is 2.09. The summed E-state index contributed by atoms with van der Waals surface area (Å²) in [5, 5.41) is 10.2. The van der Waals surface area contributed by atoms with Gasteiger partial charge in [-0.05, 0) is 26.2 Å². The van der Waals surface area contributed by atoms with E-state index < -0.39 is 12.0 Å². The molecule has 3 aromatic heterocycles. The van der Waals surface area contributed by atoms with Gasteiger partial charge in [-0.3, -0.25) is 14.9 Å². The first-order valence-corrected chi connectivity index (χ1v) is 10.8. The molecule has 1 saturated carbocycles. The molecule has 10 heteroatoms. The molecule has 0 spiro atoms. The first kappa shape index (κ1) is 21.0. The summed E-state index contributed by atoms with van der Waals surface area (Å²) in [7, 11) is 0. The molecule has 1 atom stereocenters. The number of carbonyl (C=O) groups is 1. The van der Waals surface area contributed by atoms with E-state index >= 15 is 0 Å². The van der Waals surface area contributed by atoms with Gasteiger partial charge in [0.1, 0.15) is 5.39 Å². The van der Waals surface area contributed by atoms with Crippen LogP contribution in [0.3, 0.4) is 0 Å². The minimum atomic E-state index is -0.953. The Kier molecular flexibility index (Phi) is 5.90. The highest BCUT2D eigenvalue weighted by molar-refractivity contribution is 5.94. The van der Waals surface area contributed by atoms with Crippen molar-refractivity contribution in [2.24, 2.45) is 0 Å². The van der Waals surface area contributed by atoms with Crippen LogP contribution in [0.25, 0.3) is 22.4 Å². The number of hydrogen-bond donors (Lipinski definition) is 2. The molecule has 4 aromatic rings. The third-order valence-corrected chi connectivity index (χ3v) is 5.42. The number of anilines is 1. The summed E-state index contributed by atoms with van der Waals surface area (Å²) >= 11 is 0. The zero-order chi connectivity index (χ0) is 22.6. The molecular weight excluding hydrogens is 422 g/mol. The summed E-state index contributed by atoms with van der Waals surface area (Å²) in [4.78, 5) is 30.6. The minimum Gasteiger partial charge on any atom is -0.461 e. The standard InChI is InChI=1S/C23H23N7O3/c1-14-10-25-19(12-24-14)27-22(31)18(13-32-16-8-5-9-16)33-23-17-11-26-30-21(17)28-20(29-23)15-6-3-2-4-7-15/h2-4,6-7,10-12,16,18H,5,8-9,13H2,1H3,(H,25,27,31)(H,26,28,29,30)/t18-/m0/s1. The van der Waals surface area contributed by atoms with Gasteiger partial charge in [0.15, 0.2) is 17.3 Å². The molecule has 0 radical (unpaired) electrons. The van der Waals surface area contributed by atoms with Crippen molar-refractivity contribution in [2.75, 3.05) is 11.9 Å². The Morgan fingerprint density at radius 2 is 2.00 bits per heavy atom. The molecule has 3 heterocycles. The van der Waals surface area contributed by atoms with Crippen LogP contribution in [-0.2, 0) is 9.53 Å². The topological polar surface area (TPSA) is 128 Å². The Morgan fingerprint density at radius 1 is 1.15 bits per heavy atom. The van der Waals surface area contributed by atoms with Crippen molar-refractivity contribution < 1.29 is 14.3 Å². The van der Waals surface area contributed by atoms with Gasteiger partial charge in [-0.2, -0.15) is 10.1 Å². The number of carbonyl (C=O) groups excluding carboxylic acids is 1. The highest BCUT2D eigenvalue weighted by atomic mass is 16.5. The predicted molar refractivity (Wildman–Crippen MR) is 121 cm³/mol. The van der Waals surface area contributed by atoms with E-state index in [1.54, 1.807) is 12.4 Å². The highest BCUT2D eigenvalue weighted by Crippen LogP contribution is 2.27. The van der Waals surface area contributed by atoms with Gasteiger partial charge >= 0.3 is 0 Å². The van der Waals surface area contributed by atoms with Crippen LogP contribution < -0.4 is 10.1 Å². The van der Waals surface area contributed by atoms with Gasteiger partial charge in [0.25, 0.3) is 5.91 Å². The van der Waals surface area contributed by atoms with Crippen molar-refractivity contribution >= 4 is 22.8 Å². The van der Waals surface area contributed by atoms with E-state index in [1.807, 2.05) is 37.3 Å². The lowest BCUT2D eigenvalue weighted by atomic mass is 9.96. The number of benzene rings is 1. The molecule has 1 aliphatic rings. The predicted octanol–water partition coefficient (Wildman–Crippen LogP) is 3.07. The number of aromatic nitrogens is 6. The number of aromatic amines is 1. The lowest BCUT2D eigenvalue weighted by Gasteiger charge is -2.27. The van der Waals surface area contributed by atoms with Crippen molar-refractivity contribution in [3.05, 3.63) is 54.6 Å². The molecule has 1 aromatic carbocycles. The third-order valence-electron chi connectivity index (χ3n) is 5.42. The molecular formula is C23H23N7O3. The first-order chi connectivity index (χ1) is 16.2. The zero-order valence-electron chi connectivity index (χ0n) is 18.1. The van der Waals surface area contributed by atoms with E-state index in [9.17, 15) is 4.79 Å². The summed E-state index contributed by atoms with van der Waals surface area (Å²) < 4.78 is 12.0. The SMILES string of the molecule is Cc1cnc(NC(=O)[C@H](COC2CCC2)Oc2nc(-c3ccccc3)nc3[nH]ncc23)cn1. The van der Waals surface area contributed by atoms with Gasteiger partial charge in [0.2, 0.25) is 12.0 Å². The van der Waals surface area contributed by atoms with Crippen molar-refractivity contribution in [3.63, 3.8) is 0 Å². The lowest BCUT2D eigenvalue weighted by Crippen LogP contribution is -2.39. The van der Waals surface area contributed by atoms with Crippen LogP contribution in [0.1, 0.15) is 25.0 Å². The lowest BCUT2D eigenvalue weighted by molar-refractivity contribution is -0.128. The number of fused-ring (bicyclic) bond motifs is 1. The number of hydrogen-bond acceptors (Lipinski definition) is 8. The zero-order valence-corrected chi connectivity index (χ0v) is 18.1. The fraction of sp³-hybridized carbons (Fsp3) is 0.304. The number of nitrogens with zero attached hydrogens (tertiary/aromatic N) is 5. The Hall–Kier alpha value is -3.92. The quantitative estimate of drug-likeness (QED) is 0.423. The van der Waals surface area contributed by atoms with Crippen LogP contribution in [0.5, 0.6) is 5.88 Å². The molecule has 168 valence electrons. The summed E-state index contributed by atoms with van der Waals surface area (Å²) in [6.45, 7) is 1.91. The number of amides is 1. The van der Waals surface area contributed by atoms with E-state index in [0.29, 0.717) is 22.7 Å². The molecule has 5 rings (SSSR count). The average Bonchev–Trinajstić information content (AvgIpc) is 3.28. The van der Waals surface area contributed by atoms with Gasteiger partial charge < -0.3 is 14.8 Å². The van der Waals surface area contributed by atoms with Crippen molar-refractivity contribution in [2.45, 2.75) is 38.4 Å². The van der Waals surface area contributed by atoms with Crippen LogP contribution in [0.4, 0.5) is 5.82 Å². The first-order valence-electron chi connectivity index (χ1n) is 10.8. The molecule has 33 heavy (non-hydrogen) atoms. The Labute approximate surface area is 189 Å². The maximum Gasteiger partial charge on any atom is 0.269 e. The number of ether oxygens (including phenoxy) is 2.